The monoisotopic (exact) mass is 372 g/mol. The second-order valence-electron chi connectivity index (χ2n) is 7.09. The molecule has 4 rings (SSSR count). The summed E-state index contributed by atoms with van der Waals surface area (Å²) in [5, 5.41) is 18.0. The number of nitrogens with zero attached hydrogens (tertiary/aromatic N) is 3. The molecule has 0 spiro atoms. The van der Waals surface area contributed by atoms with E-state index < -0.39 is 0 Å². The lowest BCUT2D eigenvalue weighted by atomic mass is 10.1. The number of hydrogen-bond acceptors (Lipinski definition) is 4. The van der Waals surface area contributed by atoms with Crippen molar-refractivity contribution < 1.29 is 5.11 Å². The first-order valence-corrected chi connectivity index (χ1v) is 9.49. The van der Waals surface area contributed by atoms with E-state index in [9.17, 15) is 5.11 Å². The van der Waals surface area contributed by atoms with Crippen LogP contribution < -0.4 is 5.32 Å². The Kier molecular flexibility index (Phi) is 5.08. The number of nitrogens with one attached hydrogen (secondary N) is 1. The zero-order chi connectivity index (χ0) is 19.5. The molecule has 2 aromatic heterocycles. The standard InChI is InChI=1S/C23H24N4O/c1-16-13-17(2)26-27-22(16)21(19-11-7-4-8-12-19)25-23(27)24-20(15-28)14-18-9-5-3-6-10-18/h3-13,20,28H,14-15H2,1-2H3,(H,24,25)/t20-/m0/s1. The van der Waals surface area contributed by atoms with E-state index in [-0.39, 0.29) is 12.6 Å². The average molecular weight is 372 g/mol. The van der Waals surface area contributed by atoms with E-state index in [0.717, 1.165) is 28.0 Å². The Hall–Kier alpha value is -3.18. The Balaban J connectivity index is 1.76. The van der Waals surface area contributed by atoms with Crippen molar-refractivity contribution in [2.75, 3.05) is 11.9 Å². The maximum Gasteiger partial charge on any atom is 0.225 e. The maximum atomic E-state index is 9.93. The number of benzene rings is 2. The van der Waals surface area contributed by atoms with E-state index in [1.807, 2.05) is 47.8 Å². The number of anilines is 1. The van der Waals surface area contributed by atoms with Gasteiger partial charge < -0.3 is 10.4 Å². The molecule has 0 aliphatic rings. The molecule has 28 heavy (non-hydrogen) atoms. The SMILES string of the molecule is Cc1cc(C)c2c(-c3ccccc3)nc(N[C@H](CO)Cc3ccccc3)n2n1. The zero-order valence-corrected chi connectivity index (χ0v) is 16.1. The number of aromatic nitrogens is 3. The van der Waals surface area contributed by atoms with Crippen molar-refractivity contribution in [3.05, 3.63) is 83.6 Å². The molecule has 1 atom stereocenters. The molecule has 0 unspecified atom stereocenters. The van der Waals surface area contributed by atoms with E-state index in [2.05, 4.69) is 47.7 Å². The van der Waals surface area contributed by atoms with Gasteiger partial charge in [-0.25, -0.2) is 4.98 Å². The summed E-state index contributed by atoms with van der Waals surface area (Å²) in [5.41, 5.74) is 6.13. The summed E-state index contributed by atoms with van der Waals surface area (Å²) < 4.78 is 1.86. The van der Waals surface area contributed by atoms with E-state index in [0.29, 0.717) is 12.4 Å². The first kappa shape index (κ1) is 18.2. The van der Waals surface area contributed by atoms with Gasteiger partial charge in [-0.3, -0.25) is 0 Å². The van der Waals surface area contributed by atoms with Crippen molar-refractivity contribution in [1.29, 1.82) is 0 Å². The summed E-state index contributed by atoms with van der Waals surface area (Å²) in [6.07, 6.45) is 0.706. The van der Waals surface area contributed by atoms with Crippen LogP contribution in [-0.4, -0.2) is 32.4 Å². The van der Waals surface area contributed by atoms with Crippen molar-refractivity contribution in [1.82, 2.24) is 14.6 Å². The second-order valence-corrected chi connectivity index (χ2v) is 7.09. The molecule has 0 saturated heterocycles. The minimum atomic E-state index is -0.153. The van der Waals surface area contributed by atoms with Gasteiger partial charge in [0.05, 0.1) is 23.9 Å². The van der Waals surface area contributed by atoms with Crippen LogP contribution >= 0.6 is 0 Å². The molecule has 0 saturated carbocycles. The van der Waals surface area contributed by atoms with Crippen LogP contribution in [0.5, 0.6) is 0 Å². The van der Waals surface area contributed by atoms with Gasteiger partial charge in [0.25, 0.3) is 0 Å². The number of rotatable bonds is 6. The smallest absolute Gasteiger partial charge is 0.225 e. The normalized spacial score (nSPS) is 12.2. The maximum absolute atomic E-state index is 9.93. The molecule has 2 aromatic carbocycles. The number of imidazole rings is 1. The Morgan fingerprint density at radius 1 is 1.00 bits per heavy atom. The number of aryl methyl sites for hydroxylation is 2. The van der Waals surface area contributed by atoms with Gasteiger partial charge in [0.1, 0.15) is 5.69 Å². The first-order valence-electron chi connectivity index (χ1n) is 9.49. The van der Waals surface area contributed by atoms with Crippen molar-refractivity contribution in [3.63, 3.8) is 0 Å². The highest BCUT2D eigenvalue weighted by molar-refractivity contribution is 5.82. The second kappa shape index (κ2) is 7.82. The van der Waals surface area contributed by atoms with Crippen LogP contribution in [0, 0.1) is 13.8 Å². The van der Waals surface area contributed by atoms with Crippen LogP contribution in [-0.2, 0) is 6.42 Å². The van der Waals surface area contributed by atoms with Gasteiger partial charge >= 0.3 is 0 Å². The summed E-state index contributed by atoms with van der Waals surface area (Å²) in [5.74, 6) is 0.649. The third-order valence-corrected chi connectivity index (χ3v) is 4.84. The van der Waals surface area contributed by atoms with Gasteiger partial charge in [-0.05, 0) is 37.5 Å². The molecule has 2 N–H and O–H groups in total. The van der Waals surface area contributed by atoms with Crippen LogP contribution in [0.15, 0.2) is 66.7 Å². The summed E-state index contributed by atoms with van der Waals surface area (Å²) in [7, 11) is 0. The zero-order valence-electron chi connectivity index (χ0n) is 16.1. The summed E-state index contributed by atoms with van der Waals surface area (Å²) in [6, 6.07) is 22.2. The molecule has 0 bridgehead atoms. The quantitative estimate of drug-likeness (QED) is 0.536. The Morgan fingerprint density at radius 2 is 1.68 bits per heavy atom. The highest BCUT2D eigenvalue weighted by Gasteiger charge is 2.19. The molecule has 0 aliphatic carbocycles. The lowest BCUT2D eigenvalue weighted by Crippen LogP contribution is -2.27. The summed E-state index contributed by atoms with van der Waals surface area (Å²) >= 11 is 0. The largest absolute Gasteiger partial charge is 0.394 e. The fourth-order valence-electron chi connectivity index (χ4n) is 3.57. The van der Waals surface area contributed by atoms with Crippen LogP contribution in [0.4, 0.5) is 5.95 Å². The fraction of sp³-hybridized carbons (Fsp3) is 0.217. The fourth-order valence-corrected chi connectivity index (χ4v) is 3.57. The van der Waals surface area contributed by atoms with Crippen molar-refractivity contribution in [2.24, 2.45) is 0 Å². The molecule has 0 aliphatic heterocycles. The van der Waals surface area contributed by atoms with Crippen molar-refractivity contribution in [3.8, 4) is 11.3 Å². The molecule has 0 radical (unpaired) electrons. The van der Waals surface area contributed by atoms with Gasteiger partial charge in [-0.1, -0.05) is 60.7 Å². The summed E-state index contributed by atoms with van der Waals surface area (Å²) in [6.45, 7) is 4.07. The predicted molar refractivity (Wildman–Crippen MR) is 113 cm³/mol. The molecule has 4 aromatic rings. The van der Waals surface area contributed by atoms with E-state index in [4.69, 9.17) is 4.98 Å². The predicted octanol–water partition coefficient (Wildman–Crippen LogP) is 4.03. The first-order chi connectivity index (χ1) is 13.7. The van der Waals surface area contributed by atoms with Crippen LogP contribution in [0.2, 0.25) is 0 Å². The Bertz CT molecular complexity index is 1070. The van der Waals surface area contributed by atoms with E-state index >= 15 is 0 Å². The van der Waals surface area contributed by atoms with Crippen molar-refractivity contribution >= 4 is 11.5 Å². The molecule has 142 valence electrons. The molecular weight excluding hydrogens is 348 g/mol. The van der Waals surface area contributed by atoms with Crippen molar-refractivity contribution in [2.45, 2.75) is 26.3 Å². The lowest BCUT2D eigenvalue weighted by molar-refractivity contribution is 0.273. The van der Waals surface area contributed by atoms with Gasteiger partial charge in [-0.2, -0.15) is 9.61 Å². The third kappa shape index (κ3) is 3.62. The topological polar surface area (TPSA) is 62.5 Å². The Morgan fingerprint density at radius 3 is 2.36 bits per heavy atom. The average Bonchev–Trinajstić information content (AvgIpc) is 3.07. The number of aliphatic hydroxyl groups is 1. The lowest BCUT2D eigenvalue weighted by Gasteiger charge is -2.16. The van der Waals surface area contributed by atoms with Gasteiger partial charge in [0.2, 0.25) is 5.95 Å². The minimum absolute atomic E-state index is 0.00920. The third-order valence-electron chi connectivity index (χ3n) is 4.84. The summed E-state index contributed by atoms with van der Waals surface area (Å²) in [4.78, 5) is 4.87. The van der Waals surface area contributed by atoms with Gasteiger partial charge in [0.15, 0.2) is 0 Å². The molecule has 5 heteroatoms. The van der Waals surface area contributed by atoms with Crippen LogP contribution in [0.25, 0.3) is 16.8 Å². The molecule has 0 fully saturated rings. The molecule has 5 nitrogen and oxygen atoms in total. The minimum Gasteiger partial charge on any atom is -0.394 e. The van der Waals surface area contributed by atoms with Crippen LogP contribution in [0.1, 0.15) is 16.8 Å². The highest BCUT2D eigenvalue weighted by atomic mass is 16.3. The van der Waals surface area contributed by atoms with Crippen LogP contribution in [0.3, 0.4) is 0 Å². The van der Waals surface area contributed by atoms with E-state index in [1.54, 1.807) is 0 Å². The highest BCUT2D eigenvalue weighted by Crippen LogP contribution is 2.29. The van der Waals surface area contributed by atoms with Gasteiger partial charge in [0, 0.05) is 5.56 Å². The number of aliphatic hydroxyl groups excluding tert-OH is 1. The molecule has 0 amide bonds. The number of fused-ring (bicyclic) bond motifs is 1. The number of hydrogen-bond donors (Lipinski definition) is 2. The van der Waals surface area contributed by atoms with E-state index in [1.165, 1.54) is 5.56 Å². The molecule has 2 heterocycles. The molecular formula is C23H24N4O. The van der Waals surface area contributed by atoms with Gasteiger partial charge in [-0.15, -0.1) is 0 Å². The Labute approximate surface area is 164 Å².